The number of nitrogens with zero attached hydrogens (tertiary/aromatic N) is 1. The van der Waals surface area contributed by atoms with Crippen molar-refractivity contribution in [2.45, 2.75) is 20.0 Å². The van der Waals surface area contributed by atoms with Crippen LogP contribution in [0.5, 0.6) is 5.75 Å². The number of hydrogen-bond donors (Lipinski definition) is 0. The molecule has 0 saturated carbocycles. The zero-order valence-corrected chi connectivity index (χ0v) is 11.9. The summed E-state index contributed by atoms with van der Waals surface area (Å²) in [5, 5.41) is 2.99. The maximum absolute atomic E-state index is 11.3. The first kappa shape index (κ1) is 13.5. The fourth-order valence-electron chi connectivity index (χ4n) is 1.58. The average molecular weight is 277 g/mol. The number of aromatic nitrogens is 1. The van der Waals surface area contributed by atoms with Crippen LogP contribution in [0.1, 0.15) is 12.6 Å². The summed E-state index contributed by atoms with van der Waals surface area (Å²) in [6.07, 6.45) is -0.613. The van der Waals surface area contributed by atoms with Gasteiger partial charge in [0.05, 0.1) is 7.11 Å². The molecule has 2 aromatic rings. The second-order valence-electron chi connectivity index (χ2n) is 4.10. The van der Waals surface area contributed by atoms with E-state index in [1.807, 2.05) is 36.6 Å². The molecule has 1 aromatic heterocycles. The molecule has 0 spiro atoms. The lowest BCUT2D eigenvalue weighted by Crippen LogP contribution is -2.24. The Bertz CT molecular complexity index is 562. The Labute approximate surface area is 116 Å². The normalized spacial score (nSPS) is 11.9. The first-order chi connectivity index (χ1) is 9.10. The van der Waals surface area contributed by atoms with Gasteiger partial charge >= 0.3 is 5.97 Å². The lowest BCUT2D eigenvalue weighted by atomic mass is 10.2. The van der Waals surface area contributed by atoms with Gasteiger partial charge in [-0.1, -0.05) is 0 Å². The summed E-state index contributed by atoms with van der Waals surface area (Å²) in [7, 11) is 1.34. The third kappa shape index (κ3) is 3.32. The van der Waals surface area contributed by atoms with E-state index in [0.717, 1.165) is 16.3 Å². The molecule has 1 aromatic carbocycles. The van der Waals surface area contributed by atoms with Crippen LogP contribution in [0.2, 0.25) is 0 Å². The number of aryl methyl sites for hydroxylation is 1. The second kappa shape index (κ2) is 5.84. The van der Waals surface area contributed by atoms with E-state index in [1.165, 1.54) is 7.11 Å². The number of rotatable bonds is 4. The van der Waals surface area contributed by atoms with Crippen LogP contribution in [0.3, 0.4) is 0 Å². The predicted molar refractivity (Wildman–Crippen MR) is 74.4 cm³/mol. The Kier molecular flexibility index (Phi) is 4.16. The number of esters is 1. The van der Waals surface area contributed by atoms with E-state index in [4.69, 9.17) is 4.74 Å². The van der Waals surface area contributed by atoms with Crippen molar-refractivity contribution in [1.29, 1.82) is 0 Å². The predicted octanol–water partition coefficient (Wildman–Crippen LogP) is 3.06. The molecule has 0 radical (unpaired) electrons. The molecule has 1 heterocycles. The first-order valence-corrected chi connectivity index (χ1v) is 6.75. The van der Waals surface area contributed by atoms with Gasteiger partial charge in [-0.2, -0.15) is 0 Å². The van der Waals surface area contributed by atoms with Crippen LogP contribution in [-0.4, -0.2) is 24.2 Å². The van der Waals surface area contributed by atoms with Crippen molar-refractivity contribution in [3.05, 3.63) is 35.3 Å². The molecule has 4 nitrogen and oxygen atoms in total. The number of carbonyl (C=O) groups is 1. The minimum absolute atomic E-state index is 0.389. The molecule has 19 heavy (non-hydrogen) atoms. The molecule has 0 amide bonds. The number of carbonyl (C=O) groups excluding carboxylic acids is 1. The van der Waals surface area contributed by atoms with Crippen LogP contribution >= 0.6 is 11.3 Å². The third-order valence-electron chi connectivity index (χ3n) is 2.57. The molecule has 100 valence electrons. The molecule has 1 atom stereocenters. The molecule has 0 fully saturated rings. The molecule has 0 saturated heterocycles. The van der Waals surface area contributed by atoms with Gasteiger partial charge in [-0.15, -0.1) is 11.3 Å². The van der Waals surface area contributed by atoms with Gasteiger partial charge in [0.15, 0.2) is 6.10 Å². The highest BCUT2D eigenvalue weighted by atomic mass is 32.1. The van der Waals surface area contributed by atoms with Crippen LogP contribution in [-0.2, 0) is 9.53 Å². The topological polar surface area (TPSA) is 48.4 Å². The largest absolute Gasteiger partial charge is 0.479 e. The Hall–Kier alpha value is -1.88. The van der Waals surface area contributed by atoms with Crippen molar-refractivity contribution in [3.8, 4) is 16.3 Å². The monoisotopic (exact) mass is 277 g/mol. The standard InChI is InChI=1S/C14H15NO3S/c1-9-8-19-13(15-9)11-4-6-12(7-5-11)18-10(2)14(16)17-3/h4-8,10H,1-3H3/t10-/m0/s1. The Balaban J connectivity index is 2.08. The number of benzene rings is 1. The molecule has 0 aliphatic heterocycles. The average Bonchev–Trinajstić information content (AvgIpc) is 2.85. The van der Waals surface area contributed by atoms with Crippen LogP contribution < -0.4 is 4.74 Å². The van der Waals surface area contributed by atoms with Crippen molar-refractivity contribution >= 4 is 17.3 Å². The molecule has 5 heteroatoms. The Morgan fingerprint density at radius 2 is 2.00 bits per heavy atom. The van der Waals surface area contributed by atoms with E-state index >= 15 is 0 Å². The van der Waals surface area contributed by atoms with Crippen molar-refractivity contribution in [2.75, 3.05) is 7.11 Å². The molecule has 0 aliphatic rings. The molecule has 0 N–H and O–H groups in total. The smallest absolute Gasteiger partial charge is 0.346 e. The highest BCUT2D eigenvalue weighted by Crippen LogP contribution is 2.25. The summed E-state index contributed by atoms with van der Waals surface area (Å²) in [6, 6.07) is 7.51. The summed E-state index contributed by atoms with van der Waals surface area (Å²) in [6.45, 7) is 3.62. The van der Waals surface area contributed by atoms with Gasteiger partial charge in [-0.05, 0) is 38.1 Å². The molecular formula is C14H15NO3S. The van der Waals surface area contributed by atoms with Crippen molar-refractivity contribution in [2.24, 2.45) is 0 Å². The third-order valence-corrected chi connectivity index (χ3v) is 3.58. The van der Waals surface area contributed by atoms with Gasteiger partial charge in [0.2, 0.25) is 0 Å². The second-order valence-corrected chi connectivity index (χ2v) is 4.96. The fourth-order valence-corrected chi connectivity index (χ4v) is 2.38. The maximum atomic E-state index is 11.3. The van der Waals surface area contributed by atoms with Gasteiger partial charge in [0.1, 0.15) is 10.8 Å². The van der Waals surface area contributed by atoms with Gasteiger partial charge in [0.25, 0.3) is 0 Å². The van der Waals surface area contributed by atoms with E-state index in [0.29, 0.717) is 5.75 Å². The van der Waals surface area contributed by atoms with Crippen molar-refractivity contribution < 1.29 is 14.3 Å². The van der Waals surface area contributed by atoms with Crippen molar-refractivity contribution in [3.63, 3.8) is 0 Å². The van der Waals surface area contributed by atoms with Gasteiger partial charge in [0, 0.05) is 16.6 Å². The van der Waals surface area contributed by atoms with Gasteiger partial charge < -0.3 is 9.47 Å². The minimum atomic E-state index is -0.613. The van der Waals surface area contributed by atoms with Crippen LogP contribution in [0.25, 0.3) is 10.6 Å². The summed E-state index contributed by atoms with van der Waals surface area (Å²) in [4.78, 5) is 15.7. The number of methoxy groups -OCH3 is 1. The van der Waals surface area contributed by atoms with Crippen LogP contribution in [0.15, 0.2) is 29.6 Å². The summed E-state index contributed by atoms with van der Waals surface area (Å²) >= 11 is 1.60. The zero-order valence-electron chi connectivity index (χ0n) is 11.0. The van der Waals surface area contributed by atoms with E-state index in [9.17, 15) is 4.79 Å². The molecule has 0 aliphatic carbocycles. The highest BCUT2D eigenvalue weighted by molar-refractivity contribution is 7.13. The lowest BCUT2D eigenvalue weighted by Gasteiger charge is -2.12. The fraction of sp³-hybridized carbons (Fsp3) is 0.286. The van der Waals surface area contributed by atoms with E-state index in [2.05, 4.69) is 9.72 Å². The molecular weight excluding hydrogens is 262 g/mol. The van der Waals surface area contributed by atoms with E-state index < -0.39 is 6.10 Å². The molecule has 2 rings (SSSR count). The Morgan fingerprint density at radius 3 is 2.53 bits per heavy atom. The summed E-state index contributed by atoms with van der Waals surface area (Å²) < 4.78 is 10.1. The summed E-state index contributed by atoms with van der Waals surface area (Å²) in [5.41, 5.74) is 2.05. The van der Waals surface area contributed by atoms with Gasteiger partial charge in [-0.3, -0.25) is 0 Å². The SMILES string of the molecule is COC(=O)[C@H](C)Oc1ccc(-c2nc(C)cs2)cc1. The first-order valence-electron chi connectivity index (χ1n) is 5.87. The van der Waals surface area contributed by atoms with E-state index in [1.54, 1.807) is 18.3 Å². The molecule has 0 bridgehead atoms. The number of ether oxygens (including phenoxy) is 2. The van der Waals surface area contributed by atoms with Crippen LogP contribution in [0.4, 0.5) is 0 Å². The lowest BCUT2D eigenvalue weighted by molar-refractivity contribution is -0.147. The minimum Gasteiger partial charge on any atom is -0.479 e. The van der Waals surface area contributed by atoms with Crippen LogP contribution in [0, 0.1) is 6.92 Å². The highest BCUT2D eigenvalue weighted by Gasteiger charge is 2.14. The quantitative estimate of drug-likeness (QED) is 0.806. The molecule has 0 unspecified atom stereocenters. The van der Waals surface area contributed by atoms with Gasteiger partial charge in [-0.25, -0.2) is 9.78 Å². The summed E-state index contributed by atoms with van der Waals surface area (Å²) in [5.74, 6) is 0.245. The van der Waals surface area contributed by atoms with Crippen molar-refractivity contribution in [1.82, 2.24) is 4.98 Å². The van der Waals surface area contributed by atoms with E-state index in [-0.39, 0.29) is 5.97 Å². The Morgan fingerprint density at radius 1 is 1.32 bits per heavy atom. The number of hydrogen-bond acceptors (Lipinski definition) is 5. The zero-order chi connectivity index (χ0) is 13.8. The maximum Gasteiger partial charge on any atom is 0.346 e. The number of thiazole rings is 1.